The van der Waals surface area contributed by atoms with Gasteiger partial charge < -0.3 is 10.2 Å². The first-order valence-electron chi connectivity index (χ1n) is 7.16. The maximum Gasteiger partial charge on any atom is 0.132 e. The topological polar surface area (TPSA) is 28.2 Å². The van der Waals surface area contributed by atoms with Gasteiger partial charge in [-0.15, -0.1) is 0 Å². The molecule has 0 saturated heterocycles. The van der Waals surface area contributed by atoms with Crippen LogP contribution in [0, 0.1) is 12.7 Å². The Morgan fingerprint density at radius 3 is 2.62 bits per heavy atom. The SMILES string of the molecule is Cc1nc(N(C)c2cccc(F)c2)ccc1CNC(C)C. The Balaban J connectivity index is 2.19. The molecule has 0 unspecified atom stereocenters. The molecule has 0 atom stereocenters. The van der Waals surface area contributed by atoms with Gasteiger partial charge in [0.1, 0.15) is 11.6 Å². The third-order valence-corrected chi connectivity index (χ3v) is 3.42. The zero-order valence-corrected chi connectivity index (χ0v) is 13.0. The van der Waals surface area contributed by atoms with Crippen LogP contribution in [-0.2, 0) is 6.54 Å². The number of hydrogen-bond acceptors (Lipinski definition) is 3. The van der Waals surface area contributed by atoms with Gasteiger partial charge in [-0.2, -0.15) is 0 Å². The van der Waals surface area contributed by atoms with Gasteiger partial charge in [0.05, 0.1) is 0 Å². The first kappa shape index (κ1) is 15.4. The zero-order chi connectivity index (χ0) is 15.4. The van der Waals surface area contributed by atoms with Gasteiger partial charge in [0, 0.05) is 31.0 Å². The monoisotopic (exact) mass is 287 g/mol. The zero-order valence-electron chi connectivity index (χ0n) is 13.0. The Labute approximate surface area is 125 Å². The summed E-state index contributed by atoms with van der Waals surface area (Å²) in [5.41, 5.74) is 2.96. The summed E-state index contributed by atoms with van der Waals surface area (Å²) >= 11 is 0. The van der Waals surface area contributed by atoms with E-state index in [9.17, 15) is 4.39 Å². The summed E-state index contributed by atoms with van der Waals surface area (Å²) in [4.78, 5) is 6.51. The molecule has 0 saturated carbocycles. The Hall–Kier alpha value is -1.94. The minimum atomic E-state index is -0.242. The molecule has 2 aromatic rings. The fraction of sp³-hybridized carbons (Fsp3) is 0.353. The number of rotatable bonds is 5. The van der Waals surface area contributed by atoms with Gasteiger partial charge in [-0.3, -0.25) is 0 Å². The molecule has 3 nitrogen and oxygen atoms in total. The van der Waals surface area contributed by atoms with Gasteiger partial charge in [0.2, 0.25) is 0 Å². The maximum atomic E-state index is 13.3. The van der Waals surface area contributed by atoms with E-state index in [4.69, 9.17) is 0 Å². The van der Waals surface area contributed by atoms with E-state index in [0.29, 0.717) is 6.04 Å². The third-order valence-electron chi connectivity index (χ3n) is 3.42. The molecule has 2 rings (SSSR count). The second kappa shape index (κ2) is 6.68. The largest absolute Gasteiger partial charge is 0.329 e. The maximum absolute atomic E-state index is 13.3. The lowest BCUT2D eigenvalue weighted by Gasteiger charge is -2.20. The van der Waals surface area contributed by atoms with Crippen molar-refractivity contribution in [3.63, 3.8) is 0 Å². The van der Waals surface area contributed by atoms with Crippen LogP contribution in [0.1, 0.15) is 25.1 Å². The lowest BCUT2D eigenvalue weighted by atomic mass is 10.2. The molecule has 0 radical (unpaired) electrons. The molecular weight excluding hydrogens is 265 g/mol. The van der Waals surface area contributed by atoms with Crippen LogP contribution in [0.2, 0.25) is 0 Å². The van der Waals surface area contributed by atoms with Gasteiger partial charge in [-0.05, 0) is 36.8 Å². The highest BCUT2D eigenvalue weighted by molar-refractivity contribution is 5.59. The van der Waals surface area contributed by atoms with Crippen LogP contribution in [0.4, 0.5) is 15.9 Å². The average molecular weight is 287 g/mol. The van der Waals surface area contributed by atoms with Crippen LogP contribution in [0.5, 0.6) is 0 Å². The lowest BCUT2D eigenvalue weighted by Crippen LogP contribution is -2.22. The lowest BCUT2D eigenvalue weighted by molar-refractivity contribution is 0.586. The third kappa shape index (κ3) is 4.02. The van der Waals surface area contributed by atoms with Crippen molar-refractivity contribution in [3.05, 3.63) is 53.5 Å². The van der Waals surface area contributed by atoms with Crippen molar-refractivity contribution in [2.24, 2.45) is 0 Å². The van der Waals surface area contributed by atoms with Crippen LogP contribution >= 0.6 is 0 Å². The number of hydrogen-bond donors (Lipinski definition) is 1. The molecule has 1 heterocycles. The normalized spacial score (nSPS) is 11.0. The molecule has 1 N–H and O–H groups in total. The summed E-state index contributed by atoms with van der Waals surface area (Å²) < 4.78 is 13.3. The molecule has 21 heavy (non-hydrogen) atoms. The minimum absolute atomic E-state index is 0.242. The molecule has 0 aliphatic rings. The predicted molar refractivity (Wildman–Crippen MR) is 85.4 cm³/mol. The summed E-state index contributed by atoms with van der Waals surface area (Å²) in [6.45, 7) is 7.05. The van der Waals surface area contributed by atoms with Crippen LogP contribution in [0.25, 0.3) is 0 Å². The van der Waals surface area contributed by atoms with Crippen LogP contribution in [0.3, 0.4) is 0 Å². The van der Waals surface area contributed by atoms with Gasteiger partial charge >= 0.3 is 0 Å². The average Bonchev–Trinajstić information content (AvgIpc) is 2.45. The van der Waals surface area contributed by atoms with Crippen LogP contribution < -0.4 is 10.2 Å². The smallest absolute Gasteiger partial charge is 0.132 e. The second-order valence-corrected chi connectivity index (χ2v) is 5.49. The van der Waals surface area contributed by atoms with E-state index < -0.39 is 0 Å². The van der Waals surface area contributed by atoms with Gasteiger partial charge in [0.15, 0.2) is 0 Å². The molecular formula is C17H22FN3. The molecule has 0 aliphatic heterocycles. The number of aryl methyl sites for hydroxylation is 1. The van der Waals surface area contributed by atoms with Crippen LogP contribution in [-0.4, -0.2) is 18.1 Å². The predicted octanol–water partition coefficient (Wildman–Crippen LogP) is 3.80. The number of nitrogens with zero attached hydrogens (tertiary/aromatic N) is 2. The highest BCUT2D eigenvalue weighted by Gasteiger charge is 2.08. The van der Waals surface area contributed by atoms with Gasteiger partial charge in [0.25, 0.3) is 0 Å². The van der Waals surface area contributed by atoms with Gasteiger partial charge in [-0.25, -0.2) is 9.37 Å². The van der Waals surface area contributed by atoms with E-state index in [1.165, 1.54) is 17.7 Å². The summed E-state index contributed by atoms with van der Waals surface area (Å²) in [7, 11) is 1.89. The van der Waals surface area contributed by atoms with E-state index in [-0.39, 0.29) is 5.82 Å². The first-order chi connectivity index (χ1) is 9.97. The van der Waals surface area contributed by atoms with Crippen molar-refractivity contribution in [2.75, 3.05) is 11.9 Å². The molecule has 1 aromatic heterocycles. The Bertz CT molecular complexity index is 611. The molecule has 112 valence electrons. The standard InChI is InChI=1S/C17H22FN3/c1-12(2)19-11-14-8-9-17(20-13(14)3)21(4)16-7-5-6-15(18)10-16/h5-10,12,19H,11H2,1-4H3. The highest BCUT2D eigenvalue weighted by Crippen LogP contribution is 2.23. The summed E-state index contributed by atoms with van der Waals surface area (Å²) in [6, 6.07) is 11.0. The fourth-order valence-electron chi connectivity index (χ4n) is 2.08. The quantitative estimate of drug-likeness (QED) is 0.906. The van der Waals surface area contributed by atoms with Crippen molar-refractivity contribution >= 4 is 11.5 Å². The second-order valence-electron chi connectivity index (χ2n) is 5.49. The first-order valence-corrected chi connectivity index (χ1v) is 7.16. The van der Waals surface area contributed by atoms with E-state index in [0.717, 1.165) is 23.7 Å². The number of halogens is 1. The Kier molecular flexibility index (Phi) is 4.91. The number of anilines is 2. The van der Waals surface area contributed by atoms with Crippen LogP contribution in [0.15, 0.2) is 36.4 Å². The Morgan fingerprint density at radius 1 is 1.24 bits per heavy atom. The van der Waals surface area contributed by atoms with Crippen molar-refractivity contribution in [3.8, 4) is 0 Å². The number of aromatic nitrogens is 1. The van der Waals surface area contributed by atoms with Crippen molar-refractivity contribution < 1.29 is 4.39 Å². The molecule has 4 heteroatoms. The summed E-state index contributed by atoms with van der Waals surface area (Å²) in [5.74, 6) is 0.570. The molecule has 0 amide bonds. The molecule has 0 fully saturated rings. The van der Waals surface area contributed by atoms with Gasteiger partial charge in [-0.1, -0.05) is 26.0 Å². The number of nitrogens with one attached hydrogen (secondary N) is 1. The van der Waals surface area contributed by atoms with E-state index in [1.807, 2.05) is 31.0 Å². The molecule has 1 aromatic carbocycles. The van der Waals surface area contributed by atoms with E-state index in [1.54, 1.807) is 6.07 Å². The fourth-order valence-corrected chi connectivity index (χ4v) is 2.08. The molecule has 0 spiro atoms. The van der Waals surface area contributed by atoms with Crippen molar-refractivity contribution in [2.45, 2.75) is 33.4 Å². The molecule has 0 bridgehead atoms. The number of benzene rings is 1. The van der Waals surface area contributed by atoms with E-state index in [2.05, 4.69) is 30.2 Å². The van der Waals surface area contributed by atoms with E-state index >= 15 is 0 Å². The van der Waals surface area contributed by atoms with Crippen molar-refractivity contribution in [1.29, 1.82) is 0 Å². The van der Waals surface area contributed by atoms with Crippen molar-refractivity contribution in [1.82, 2.24) is 10.3 Å². The summed E-state index contributed by atoms with van der Waals surface area (Å²) in [6.07, 6.45) is 0. The highest BCUT2D eigenvalue weighted by atomic mass is 19.1. The Morgan fingerprint density at radius 2 is 2.00 bits per heavy atom. The minimum Gasteiger partial charge on any atom is -0.329 e. The number of pyridine rings is 1. The summed E-state index contributed by atoms with van der Waals surface area (Å²) in [5, 5.41) is 3.39. The molecule has 0 aliphatic carbocycles.